The third kappa shape index (κ3) is 2.80. The molecule has 3 heterocycles. The first-order valence-corrected chi connectivity index (χ1v) is 10.8. The van der Waals surface area contributed by atoms with Crippen LogP contribution in [0, 0.1) is 17.7 Å². The lowest BCUT2D eigenvalue weighted by Crippen LogP contribution is -2.48. The molecule has 33 heavy (non-hydrogen) atoms. The van der Waals surface area contributed by atoms with Crippen molar-refractivity contribution in [3.8, 4) is 0 Å². The summed E-state index contributed by atoms with van der Waals surface area (Å²) < 4.78 is 13.9. The molecule has 2 amide bonds. The number of anilines is 2. The molecule has 0 unspecified atom stereocenters. The Bertz CT molecular complexity index is 1340. The fraction of sp³-hybridized carbons (Fsp3) is 0.148. The molecule has 2 fully saturated rings. The molecular weight excluding hydrogens is 419 g/mol. The number of hydrogen-bond donors (Lipinski definition) is 0. The van der Waals surface area contributed by atoms with E-state index in [-0.39, 0.29) is 11.5 Å². The van der Waals surface area contributed by atoms with Gasteiger partial charge in [0, 0.05) is 11.3 Å². The molecule has 3 aromatic rings. The van der Waals surface area contributed by atoms with Gasteiger partial charge in [0.25, 0.3) is 0 Å². The van der Waals surface area contributed by atoms with E-state index in [4.69, 9.17) is 0 Å². The molecule has 3 aliphatic heterocycles. The molecule has 6 rings (SSSR count). The van der Waals surface area contributed by atoms with Crippen LogP contribution in [-0.2, 0) is 9.59 Å². The lowest BCUT2D eigenvalue weighted by Gasteiger charge is -2.36. The summed E-state index contributed by atoms with van der Waals surface area (Å²) in [6.07, 6.45) is 3.84. The molecule has 5 nitrogen and oxygen atoms in total. The number of halogens is 1. The van der Waals surface area contributed by atoms with Crippen molar-refractivity contribution in [3.63, 3.8) is 0 Å². The number of ketones is 1. The van der Waals surface area contributed by atoms with Gasteiger partial charge in [-0.05, 0) is 29.8 Å². The fourth-order valence-corrected chi connectivity index (χ4v) is 5.46. The quantitative estimate of drug-likeness (QED) is 0.457. The minimum Gasteiger partial charge on any atom is -0.352 e. The van der Waals surface area contributed by atoms with Gasteiger partial charge in [0.1, 0.15) is 11.9 Å². The van der Waals surface area contributed by atoms with Crippen molar-refractivity contribution in [1.29, 1.82) is 0 Å². The van der Waals surface area contributed by atoms with Crippen LogP contribution in [0.3, 0.4) is 0 Å². The topological polar surface area (TPSA) is 57.7 Å². The van der Waals surface area contributed by atoms with Crippen molar-refractivity contribution in [3.05, 3.63) is 102 Å². The first-order chi connectivity index (χ1) is 16.1. The summed E-state index contributed by atoms with van der Waals surface area (Å²) in [5, 5.41) is 0. The number of hydrogen-bond acceptors (Lipinski definition) is 4. The second-order valence-electron chi connectivity index (χ2n) is 8.53. The lowest BCUT2D eigenvalue weighted by atomic mass is 9.86. The molecule has 0 aromatic heterocycles. The lowest BCUT2D eigenvalue weighted by molar-refractivity contribution is -0.122. The zero-order chi connectivity index (χ0) is 22.7. The van der Waals surface area contributed by atoms with Crippen LogP contribution in [0.2, 0.25) is 0 Å². The van der Waals surface area contributed by atoms with Crippen molar-refractivity contribution in [2.24, 2.45) is 11.8 Å². The van der Waals surface area contributed by atoms with Crippen LogP contribution < -0.4 is 9.80 Å². The summed E-state index contributed by atoms with van der Waals surface area (Å²) in [6, 6.07) is 20.6. The average Bonchev–Trinajstić information content (AvgIpc) is 3.32. The maximum atomic E-state index is 13.9. The number of rotatable bonds is 3. The van der Waals surface area contributed by atoms with Crippen molar-refractivity contribution in [2.75, 3.05) is 9.80 Å². The normalized spacial score (nSPS) is 25.1. The smallest absolute Gasteiger partial charge is 0.240 e. The minimum atomic E-state index is -0.866. The number of amides is 2. The molecule has 162 valence electrons. The Morgan fingerprint density at radius 2 is 1.55 bits per heavy atom. The van der Waals surface area contributed by atoms with Crippen LogP contribution in [0.5, 0.6) is 0 Å². The van der Waals surface area contributed by atoms with Gasteiger partial charge in [-0.1, -0.05) is 66.7 Å². The molecule has 0 aliphatic carbocycles. The highest BCUT2D eigenvalue weighted by molar-refractivity contribution is 6.25. The van der Waals surface area contributed by atoms with E-state index in [0.717, 1.165) is 16.2 Å². The van der Waals surface area contributed by atoms with Crippen LogP contribution in [0.25, 0.3) is 6.08 Å². The molecule has 2 saturated heterocycles. The number of fused-ring (bicyclic) bond motifs is 5. The highest BCUT2D eigenvalue weighted by atomic mass is 19.1. The monoisotopic (exact) mass is 438 g/mol. The standard InChI is InChI=1S/C27H19FN2O3/c28-18-10-6-11-19(15-18)29-26(32)22-21-14-13-16-7-4-5-12-20(16)30(21)24(23(22)27(29)33)25(31)17-8-2-1-3-9-17/h1-15,21-24H/t21-,22-,23-,24+/m1/s1. The van der Waals surface area contributed by atoms with Crippen LogP contribution in [0.1, 0.15) is 15.9 Å². The third-order valence-electron chi connectivity index (χ3n) is 6.81. The number of nitrogens with zero attached hydrogens (tertiary/aromatic N) is 2. The molecule has 3 aliphatic rings. The highest BCUT2D eigenvalue weighted by Crippen LogP contribution is 2.49. The number of imide groups is 1. The van der Waals surface area contributed by atoms with Gasteiger partial charge in [0.15, 0.2) is 5.78 Å². The number of carbonyl (C=O) groups excluding carboxylic acids is 3. The first kappa shape index (κ1) is 19.6. The van der Waals surface area contributed by atoms with Crippen LogP contribution in [0.15, 0.2) is 84.9 Å². The predicted octanol–water partition coefficient (Wildman–Crippen LogP) is 4.10. The van der Waals surface area contributed by atoms with E-state index in [9.17, 15) is 18.8 Å². The SMILES string of the molecule is O=C(c1ccccc1)[C@@H]1[C@@H]2C(=O)N(c3cccc(F)c3)C(=O)[C@@H]2[C@H]2C=Cc3ccccc3N21. The second kappa shape index (κ2) is 7.24. The maximum absolute atomic E-state index is 13.9. The predicted molar refractivity (Wildman–Crippen MR) is 122 cm³/mol. The van der Waals surface area contributed by atoms with E-state index < -0.39 is 41.6 Å². The summed E-state index contributed by atoms with van der Waals surface area (Å²) in [4.78, 5) is 44.1. The second-order valence-corrected chi connectivity index (χ2v) is 8.53. The van der Waals surface area contributed by atoms with Crippen molar-refractivity contribution >= 4 is 35.0 Å². The zero-order valence-electron chi connectivity index (χ0n) is 17.5. The van der Waals surface area contributed by atoms with Crippen LogP contribution in [0.4, 0.5) is 15.8 Å². The van der Waals surface area contributed by atoms with Gasteiger partial charge in [-0.15, -0.1) is 0 Å². The largest absolute Gasteiger partial charge is 0.352 e. The molecule has 6 heteroatoms. The van der Waals surface area contributed by atoms with Gasteiger partial charge < -0.3 is 4.90 Å². The third-order valence-corrected chi connectivity index (χ3v) is 6.81. The summed E-state index contributed by atoms with van der Waals surface area (Å²) in [7, 11) is 0. The number of Topliss-reactive ketones (excluding diaryl/α,β-unsaturated/α-hetero) is 1. The summed E-state index contributed by atoms with van der Waals surface area (Å²) >= 11 is 0. The molecule has 0 bridgehead atoms. The number of benzene rings is 3. The average molecular weight is 438 g/mol. The van der Waals surface area contributed by atoms with E-state index in [1.54, 1.807) is 24.3 Å². The zero-order valence-corrected chi connectivity index (χ0v) is 17.5. The van der Waals surface area contributed by atoms with Gasteiger partial charge >= 0.3 is 0 Å². The van der Waals surface area contributed by atoms with E-state index in [1.165, 1.54) is 24.3 Å². The van der Waals surface area contributed by atoms with Crippen molar-refractivity contribution < 1.29 is 18.8 Å². The Hall–Kier alpha value is -4.06. The van der Waals surface area contributed by atoms with Crippen LogP contribution >= 0.6 is 0 Å². The Kier molecular flexibility index (Phi) is 4.30. The number of carbonyl (C=O) groups is 3. The van der Waals surface area contributed by atoms with Gasteiger partial charge in [-0.25, -0.2) is 9.29 Å². The fourth-order valence-electron chi connectivity index (χ4n) is 5.46. The van der Waals surface area contributed by atoms with Crippen molar-refractivity contribution in [2.45, 2.75) is 12.1 Å². The highest BCUT2D eigenvalue weighted by Gasteiger charge is 2.64. The maximum Gasteiger partial charge on any atom is 0.240 e. The first-order valence-electron chi connectivity index (χ1n) is 10.8. The summed E-state index contributed by atoms with van der Waals surface area (Å²) in [5.74, 6) is -3.21. The summed E-state index contributed by atoms with van der Waals surface area (Å²) in [5.41, 5.74) is 2.43. The minimum absolute atomic E-state index is 0.192. The van der Waals surface area contributed by atoms with Gasteiger partial charge in [-0.2, -0.15) is 0 Å². The molecule has 0 radical (unpaired) electrons. The van der Waals surface area contributed by atoms with Gasteiger partial charge in [-0.3, -0.25) is 14.4 Å². The molecule has 4 atom stereocenters. The van der Waals surface area contributed by atoms with Gasteiger partial charge in [0.05, 0.1) is 23.6 Å². The van der Waals surface area contributed by atoms with Crippen LogP contribution in [-0.4, -0.2) is 29.7 Å². The summed E-state index contributed by atoms with van der Waals surface area (Å²) in [6.45, 7) is 0. The van der Waals surface area contributed by atoms with E-state index in [1.807, 2.05) is 47.4 Å². The van der Waals surface area contributed by atoms with E-state index in [0.29, 0.717) is 5.56 Å². The Labute approximate surface area is 189 Å². The molecule has 0 N–H and O–H groups in total. The van der Waals surface area contributed by atoms with Crippen molar-refractivity contribution in [1.82, 2.24) is 0 Å². The Morgan fingerprint density at radius 1 is 0.818 bits per heavy atom. The molecular formula is C27H19FN2O3. The molecule has 3 aromatic carbocycles. The van der Waals surface area contributed by atoms with E-state index >= 15 is 0 Å². The Balaban J connectivity index is 1.51. The van der Waals surface area contributed by atoms with E-state index in [2.05, 4.69) is 0 Å². The molecule has 0 saturated carbocycles. The van der Waals surface area contributed by atoms with Gasteiger partial charge in [0.2, 0.25) is 11.8 Å². The number of para-hydroxylation sites is 1. The Morgan fingerprint density at radius 3 is 2.33 bits per heavy atom. The molecule has 0 spiro atoms.